The van der Waals surface area contributed by atoms with Gasteiger partial charge in [-0.3, -0.25) is 0 Å². The topological polar surface area (TPSA) is 0 Å². The van der Waals surface area contributed by atoms with Crippen molar-refractivity contribution in [3.63, 3.8) is 0 Å². The highest BCUT2D eigenvalue weighted by Crippen LogP contribution is 2.21. The van der Waals surface area contributed by atoms with Gasteiger partial charge in [0, 0.05) is 5.88 Å². The van der Waals surface area contributed by atoms with Crippen molar-refractivity contribution in [2.24, 2.45) is 5.41 Å². The Morgan fingerprint density at radius 3 is 2.27 bits per heavy atom. The van der Waals surface area contributed by atoms with Crippen molar-refractivity contribution in [2.75, 3.05) is 17.4 Å². The molecule has 0 aromatic carbocycles. The van der Waals surface area contributed by atoms with Crippen LogP contribution < -0.4 is 0 Å². The molecule has 0 saturated heterocycles. The third kappa shape index (κ3) is 10.6. The lowest BCUT2D eigenvalue weighted by Crippen LogP contribution is -2.06. The average Bonchev–Trinajstić information content (AvgIpc) is 1.85. The molecule has 0 nitrogen and oxygen atoms in total. The first-order valence-electron chi connectivity index (χ1n) is 4.20. The van der Waals surface area contributed by atoms with Crippen LogP contribution in [0.3, 0.4) is 0 Å². The second kappa shape index (κ2) is 6.19. The third-order valence-electron chi connectivity index (χ3n) is 1.42. The van der Waals surface area contributed by atoms with E-state index in [4.69, 9.17) is 11.6 Å². The second-order valence-corrected chi connectivity index (χ2v) is 5.57. The second-order valence-electron chi connectivity index (χ2n) is 3.97. The Hall–Kier alpha value is 0.640. The first kappa shape index (κ1) is 11.6. The highest BCUT2D eigenvalue weighted by atomic mass is 35.5. The fourth-order valence-electron chi connectivity index (χ4n) is 0.637. The number of alkyl halides is 1. The monoisotopic (exact) mass is 194 g/mol. The molecule has 0 aliphatic heterocycles. The van der Waals surface area contributed by atoms with Gasteiger partial charge >= 0.3 is 0 Å². The Bertz CT molecular complexity index is 86.1. The average molecular weight is 195 g/mol. The highest BCUT2D eigenvalue weighted by molar-refractivity contribution is 7.99. The zero-order chi connectivity index (χ0) is 8.74. The van der Waals surface area contributed by atoms with E-state index in [1.165, 1.54) is 17.9 Å². The molecule has 0 atom stereocenters. The van der Waals surface area contributed by atoms with E-state index >= 15 is 0 Å². The molecule has 0 radical (unpaired) electrons. The smallest absolute Gasteiger partial charge is 0.0231 e. The molecule has 0 fully saturated rings. The third-order valence-corrected chi connectivity index (χ3v) is 2.76. The Morgan fingerprint density at radius 1 is 1.18 bits per heavy atom. The lowest BCUT2D eigenvalue weighted by Gasteiger charge is -2.16. The van der Waals surface area contributed by atoms with Gasteiger partial charge in [0.05, 0.1) is 0 Å². The molecular formula is C9H19ClS. The van der Waals surface area contributed by atoms with Gasteiger partial charge in [-0.15, -0.1) is 11.6 Å². The molecule has 0 aromatic heterocycles. The lowest BCUT2D eigenvalue weighted by molar-refractivity contribution is 0.401. The predicted molar refractivity (Wildman–Crippen MR) is 56.7 cm³/mol. The number of thioether (sulfide) groups is 1. The molecule has 0 unspecified atom stereocenters. The minimum Gasteiger partial charge on any atom is -0.162 e. The summed E-state index contributed by atoms with van der Waals surface area (Å²) in [6.07, 6.45) is 2.45. The fraction of sp³-hybridized carbons (Fsp3) is 1.00. The van der Waals surface area contributed by atoms with E-state index in [2.05, 4.69) is 20.8 Å². The summed E-state index contributed by atoms with van der Waals surface area (Å²) in [6, 6.07) is 0. The van der Waals surface area contributed by atoms with Gasteiger partial charge in [-0.05, 0) is 29.8 Å². The summed E-state index contributed by atoms with van der Waals surface area (Å²) >= 11 is 7.58. The highest BCUT2D eigenvalue weighted by Gasteiger charge is 2.08. The quantitative estimate of drug-likeness (QED) is 0.474. The largest absolute Gasteiger partial charge is 0.162 e. The van der Waals surface area contributed by atoms with Crippen LogP contribution in [0, 0.1) is 5.41 Å². The van der Waals surface area contributed by atoms with E-state index in [0.29, 0.717) is 5.41 Å². The molecule has 0 N–H and O–H groups in total. The standard InChI is InChI=1S/C9H19ClS/c1-9(2,3)5-8-11-7-4-6-10/h4-8H2,1-3H3. The van der Waals surface area contributed by atoms with E-state index in [-0.39, 0.29) is 0 Å². The van der Waals surface area contributed by atoms with E-state index in [9.17, 15) is 0 Å². The molecule has 0 saturated carbocycles. The maximum atomic E-state index is 5.56. The Morgan fingerprint density at radius 2 is 1.82 bits per heavy atom. The normalized spacial score (nSPS) is 12.0. The summed E-state index contributed by atoms with van der Waals surface area (Å²) in [5.74, 6) is 3.31. The predicted octanol–water partition coefficient (Wildman–Crippen LogP) is 3.78. The molecular weight excluding hydrogens is 176 g/mol. The SMILES string of the molecule is CC(C)(C)CCSCCCCl. The van der Waals surface area contributed by atoms with Gasteiger partial charge < -0.3 is 0 Å². The van der Waals surface area contributed by atoms with E-state index < -0.39 is 0 Å². The number of hydrogen-bond acceptors (Lipinski definition) is 1. The molecule has 0 aliphatic carbocycles. The van der Waals surface area contributed by atoms with Crippen LogP contribution >= 0.6 is 23.4 Å². The minimum atomic E-state index is 0.494. The Kier molecular flexibility index (Phi) is 6.55. The van der Waals surface area contributed by atoms with Crippen molar-refractivity contribution in [2.45, 2.75) is 33.6 Å². The summed E-state index contributed by atoms with van der Waals surface area (Å²) in [5, 5.41) is 0. The molecule has 0 bridgehead atoms. The van der Waals surface area contributed by atoms with Gasteiger partial charge in [0.2, 0.25) is 0 Å². The molecule has 0 rings (SSSR count). The molecule has 0 aromatic rings. The molecule has 2 heteroatoms. The summed E-state index contributed by atoms with van der Waals surface area (Å²) in [5.41, 5.74) is 0.494. The van der Waals surface area contributed by atoms with Crippen molar-refractivity contribution in [3.05, 3.63) is 0 Å². The summed E-state index contributed by atoms with van der Waals surface area (Å²) in [4.78, 5) is 0. The van der Waals surface area contributed by atoms with E-state index in [1.807, 2.05) is 11.8 Å². The van der Waals surface area contributed by atoms with Gasteiger partial charge in [0.25, 0.3) is 0 Å². The van der Waals surface area contributed by atoms with Crippen molar-refractivity contribution >= 4 is 23.4 Å². The van der Waals surface area contributed by atoms with Crippen molar-refractivity contribution in [3.8, 4) is 0 Å². The lowest BCUT2D eigenvalue weighted by atomic mass is 9.94. The van der Waals surface area contributed by atoms with E-state index in [1.54, 1.807) is 0 Å². The van der Waals surface area contributed by atoms with Crippen molar-refractivity contribution < 1.29 is 0 Å². The number of rotatable bonds is 5. The first-order valence-corrected chi connectivity index (χ1v) is 5.89. The van der Waals surface area contributed by atoms with Gasteiger partial charge in [-0.25, -0.2) is 0 Å². The molecule has 11 heavy (non-hydrogen) atoms. The Balaban J connectivity index is 3.02. The van der Waals surface area contributed by atoms with Crippen LogP contribution in [0.4, 0.5) is 0 Å². The van der Waals surface area contributed by atoms with Crippen molar-refractivity contribution in [1.29, 1.82) is 0 Å². The van der Waals surface area contributed by atoms with Crippen LogP contribution in [0.25, 0.3) is 0 Å². The summed E-state index contributed by atoms with van der Waals surface area (Å²) in [7, 11) is 0. The summed E-state index contributed by atoms with van der Waals surface area (Å²) < 4.78 is 0. The van der Waals surface area contributed by atoms with Crippen LogP contribution in [0.15, 0.2) is 0 Å². The van der Waals surface area contributed by atoms with Crippen LogP contribution in [-0.2, 0) is 0 Å². The minimum absolute atomic E-state index is 0.494. The van der Waals surface area contributed by atoms with E-state index in [0.717, 1.165) is 12.3 Å². The van der Waals surface area contributed by atoms with Gasteiger partial charge in [-0.2, -0.15) is 11.8 Å². The van der Waals surface area contributed by atoms with Gasteiger partial charge in [0.15, 0.2) is 0 Å². The summed E-state index contributed by atoms with van der Waals surface area (Å²) in [6.45, 7) is 6.86. The number of halogens is 1. The molecule has 0 spiro atoms. The van der Waals surface area contributed by atoms with Crippen LogP contribution in [0.1, 0.15) is 33.6 Å². The maximum absolute atomic E-state index is 5.56. The molecule has 0 heterocycles. The molecule has 0 aliphatic rings. The zero-order valence-corrected chi connectivity index (χ0v) is 9.39. The fourth-order valence-corrected chi connectivity index (χ4v) is 2.24. The van der Waals surface area contributed by atoms with Crippen LogP contribution in [-0.4, -0.2) is 17.4 Å². The number of hydrogen-bond donors (Lipinski definition) is 0. The van der Waals surface area contributed by atoms with Crippen LogP contribution in [0.5, 0.6) is 0 Å². The van der Waals surface area contributed by atoms with Crippen LogP contribution in [0.2, 0.25) is 0 Å². The van der Waals surface area contributed by atoms with Gasteiger partial charge in [0.1, 0.15) is 0 Å². The molecule has 68 valence electrons. The maximum Gasteiger partial charge on any atom is 0.0231 e. The van der Waals surface area contributed by atoms with Gasteiger partial charge in [-0.1, -0.05) is 20.8 Å². The van der Waals surface area contributed by atoms with Crippen molar-refractivity contribution in [1.82, 2.24) is 0 Å². The first-order chi connectivity index (χ1) is 5.06. The molecule has 0 amide bonds. The zero-order valence-electron chi connectivity index (χ0n) is 7.82. The Labute approximate surface area is 80.1 Å².